The molecule has 1 aromatic rings. The van der Waals surface area contributed by atoms with Crippen LogP contribution in [0.3, 0.4) is 0 Å². The lowest BCUT2D eigenvalue weighted by molar-refractivity contribution is 0.0954. The van der Waals surface area contributed by atoms with Crippen molar-refractivity contribution < 1.29 is 9.90 Å². The molecule has 1 rings (SSSR count). The maximum Gasteiger partial charge on any atom is 0.271 e. The van der Waals surface area contributed by atoms with Gasteiger partial charge in [-0.25, -0.2) is 5.43 Å². The largest absolute Gasteiger partial charge is 0.508 e. The van der Waals surface area contributed by atoms with Gasteiger partial charge in [0.15, 0.2) is 0 Å². The fourth-order valence-electron chi connectivity index (χ4n) is 1.01. The van der Waals surface area contributed by atoms with Crippen molar-refractivity contribution in [2.24, 2.45) is 5.10 Å². The number of nitrogens with zero attached hydrogens (tertiary/aromatic N) is 1. The molecule has 0 aliphatic carbocycles. The summed E-state index contributed by atoms with van der Waals surface area (Å²) in [5, 5.41) is 12.9. The number of phenols is 1. The number of carbonyl (C=O) groups excluding carboxylic acids is 1. The third-order valence-corrected chi connectivity index (χ3v) is 1.78. The first-order valence-corrected chi connectivity index (χ1v) is 4.85. The van der Waals surface area contributed by atoms with E-state index < -0.39 is 0 Å². The number of benzene rings is 1. The average Bonchev–Trinajstić information content (AvgIpc) is 2.24. The van der Waals surface area contributed by atoms with E-state index in [4.69, 9.17) is 5.11 Å². The zero-order valence-electron chi connectivity index (χ0n) is 8.60. The van der Waals surface area contributed by atoms with Gasteiger partial charge in [0.05, 0.1) is 0 Å². The van der Waals surface area contributed by atoms with Crippen molar-refractivity contribution >= 4 is 12.1 Å². The van der Waals surface area contributed by atoms with E-state index in [1.54, 1.807) is 18.3 Å². The lowest BCUT2D eigenvalue weighted by Crippen LogP contribution is -2.17. The molecule has 0 fully saturated rings. The van der Waals surface area contributed by atoms with Crippen LogP contribution in [0.15, 0.2) is 29.4 Å². The van der Waals surface area contributed by atoms with Crippen molar-refractivity contribution in [2.45, 2.75) is 19.8 Å². The summed E-state index contributed by atoms with van der Waals surface area (Å²) in [5.41, 5.74) is 2.77. The Kier molecular flexibility index (Phi) is 4.34. The van der Waals surface area contributed by atoms with E-state index >= 15 is 0 Å². The molecule has 0 bridgehead atoms. The summed E-state index contributed by atoms with van der Waals surface area (Å²) >= 11 is 0. The van der Waals surface area contributed by atoms with Gasteiger partial charge in [0, 0.05) is 11.8 Å². The standard InChI is InChI=1S/C11H14N2O2/c1-2-3-7-12-13-11(15)9-5-4-6-10(14)8-9/h4-8,14H,2-3H2,1H3,(H,13,15)/b12-7-. The van der Waals surface area contributed by atoms with Crippen LogP contribution in [0.25, 0.3) is 0 Å². The van der Waals surface area contributed by atoms with Gasteiger partial charge in [-0.15, -0.1) is 0 Å². The molecule has 0 aliphatic heterocycles. The number of nitrogens with one attached hydrogen (secondary N) is 1. The van der Waals surface area contributed by atoms with Crippen molar-refractivity contribution in [1.82, 2.24) is 5.43 Å². The van der Waals surface area contributed by atoms with Gasteiger partial charge in [-0.05, 0) is 24.6 Å². The minimum atomic E-state index is -0.321. The topological polar surface area (TPSA) is 61.7 Å². The van der Waals surface area contributed by atoms with Crippen molar-refractivity contribution in [3.05, 3.63) is 29.8 Å². The second-order valence-corrected chi connectivity index (χ2v) is 3.09. The Hall–Kier alpha value is -1.84. The predicted molar refractivity (Wildman–Crippen MR) is 59.0 cm³/mol. The van der Waals surface area contributed by atoms with E-state index in [0.717, 1.165) is 12.8 Å². The molecule has 80 valence electrons. The van der Waals surface area contributed by atoms with Gasteiger partial charge in [0.2, 0.25) is 0 Å². The van der Waals surface area contributed by atoms with Crippen molar-refractivity contribution in [1.29, 1.82) is 0 Å². The number of amides is 1. The smallest absolute Gasteiger partial charge is 0.271 e. The molecule has 4 heteroatoms. The zero-order valence-corrected chi connectivity index (χ0v) is 8.60. The molecular formula is C11H14N2O2. The molecule has 0 aromatic heterocycles. The van der Waals surface area contributed by atoms with E-state index in [2.05, 4.69) is 10.5 Å². The Morgan fingerprint density at radius 1 is 1.60 bits per heavy atom. The number of hydrogen-bond acceptors (Lipinski definition) is 3. The van der Waals surface area contributed by atoms with Crippen LogP contribution in [0.2, 0.25) is 0 Å². The monoisotopic (exact) mass is 206 g/mol. The SMILES string of the molecule is CCC/C=N\NC(=O)c1cccc(O)c1. The summed E-state index contributed by atoms with van der Waals surface area (Å²) in [6.07, 6.45) is 3.48. The van der Waals surface area contributed by atoms with Gasteiger partial charge in [0.1, 0.15) is 5.75 Å². The van der Waals surface area contributed by atoms with Crippen molar-refractivity contribution in [3.63, 3.8) is 0 Å². The first-order chi connectivity index (χ1) is 7.24. The van der Waals surface area contributed by atoms with E-state index in [1.807, 2.05) is 6.92 Å². The van der Waals surface area contributed by atoms with Gasteiger partial charge in [-0.2, -0.15) is 5.10 Å². The molecule has 0 atom stereocenters. The maximum atomic E-state index is 11.4. The highest BCUT2D eigenvalue weighted by atomic mass is 16.3. The van der Waals surface area contributed by atoms with E-state index in [0.29, 0.717) is 5.56 Å². The third-order valence-electron chi connectivity index (χ3n) is 1.78. The Bertz CT molecular complexity index is 361. The van der Waals surface area contributed by atoms with Gasteiger partial charge >= 0.3 is 0 Å². The molecule has 0 saturated heterocycles. The van der Waals surface area contributed by atoms with Crippen LogP contribution in [-0.4, -0.2) is 17.2 Å². The highest BCUT2D eigenvalue weighted by Gasteiger charge is 2.03. The van der Waals surface area contributed by atoms with Crippen LogP contribution in [-0.2, 0) is 0 Å². The van der Waals surface area contributed by atoms with Crippen LogP contribution >= 0.6 is 0 Å². The third kappa shape index (κ3) is 3.81. The normalized spacial score (nSPS) is 10.5. The molecule has 4 nitrogen and oxygen atoms in total. The molecule has 0 unspecified atom stereocenters. The Labute approximate surface area is 88.6 Å². The Morgan fingerprint density at radius 3 is 3.07 bits per heavy atom. The lowest BCUT2D eigenvalue weighted by atomic mass is 10.2. The second kappa shape index (κ2) is 5.80. The number of aromatic hydroxyl groups is 1. The number of hydrazone groups is 1. The number of rotatable bonds is 4. The first-order valence-electron chi connectivity index (χ1n) is 4.85. The first kappa shape index (κ1) is 11.2. The maximum absolute atomic E-state index is 11.4. The Morgan fingerprint density at radius 2 is 2.40 bits per heavy atom. The van der Waals surface area contributed by atoms with Crippen LogP contribution < -0.4 is 5.43 Å². The summed E-state index contributed by atoms with van der Waals surface area (Å²) in [6, 6.07) is 6.13. The van der Waals surface area contributed by atoms with E-state index in [9.17, 15) is 4.79 Å². The molecule has 0 saturated carbocycles. The molecule has 0 heterocycles. The van der Waals surface area contributed by atoms with Crippen LogP contribution in [0.4, 0.5) is 0 Å². The van der Waals surface area contributed by atoms with Crippen LogP contribution in [0, 0.1) is 0 Å². The fourth-order valence-corrected chi connectivity index (χ4v) is 1.01. The second-order valence-electron chi connectivity index (χ2n) is 3.09. The van der Waals surface area contributed by atoms with Gasteiger partial charge in [-0.3, -0.25) is 4.79 Å². The van der Waals surface area contributed by atoms with Gasteiger partial charge in [-0.1, -0.05) is 19.4 Å². The minimum absolute atomic E-state index is 0.0696. The average molecular weight is 206 g/mol. The van der Waals surface area contributed by atoms with Crippen molar-refractivity contribution in [2.75, 3.05) is 0 Å². The molecule has 1 amide bonds. The van der Waals surface area contributed by atoms with Gasteiger partial charge in [0.25, 0.3) is 5.91 Å². The lowest BCUT2D eigenvalue weighted by Gasteiger charge is -1.99. The molecule has 15 heavy (non-hydrogen) atoms. The number of phenolic OH excluding ortho intramolecular Hbond substituents is 1. The molecule has 1 aromatic carbocycles. The summed E-state index contributed by atoms with van der Waals surface area (Å²) < 4.78 is 0. The van der Waals surface area contributed by atoms with Crippen LogP contribution in [0.1, 0.15) is 30.1 Å². The van der Waals surface area contributed by atoms with Crippen molar-refractivity contribution in [3.8, 4) is 5.75 Å². The summed E-state index contributed by atoms with van der Waals surface area (Å²) in [6.45, 7) is 2.03. The Balaban J connectivity index is 2.54. The quantitative estimate of drug-likeness (QED) is 0.584. The van der Waals surface area contributed by atoms with E-state index in [-0.39, 0.29) is 11.7 Å². The highest BCUT2D eigenvalue weighted by molar-refractivity contribution is 5.94. The number of carbonyl (C=O) groups is 1. The van der Waals surface area contributed by atoms with Crippen LogP contribution in [0.5, 0.6) is 5.75 Å². The highest BCUT2D eigenvalue weighted by Crippen LogP contribution is 2.10. The molecule has 0 spiro atoms. The summed E-state index contributed by atoms with van der Waals surface area (Å²) in [4.78, 5) is 11.4. The molecular weight excluding hydrogens is 192 g/mol. The fraction of sp³-hybridized carbons (Fsp3) is 0.273. The molecule has 0 aliphatic rings. The minimum Gasteiger partial charge on any atom is -0.508 e. The number of unbranched alkanes of at least 4 members (excludes halogenated alkanes) is 1. The predicted octanol–water partition coefficient (Wildman–Crippen LogP) is 1.91. The summed E-state index contributed by atoms with van der Waals surface area (Å²) in [5.74, 6) is -0.251. The molecule has 2 N–H and O–H groups in total. The van der Waals surface area contributed by atoms with E-state index in [1.165, 1.54) is 12.1 Å². The zero-order chi connectivity index (χ0) is 11.1. The summed E-state index contributed by atoms with van der Waals surface area (Å²) in [7, 11) is 0. The molecule has 0 radical (unpaired) electrons. The number of hydrogen-bond donors (Lipinski definition) is 2. The van der Waals surface area contributed by atoms with Gasteiger partial charge < -0.3 is 5.11 Å².